The van der Waals surface area contributed by atoms with Crippen LogP contribution in [0.15, 0.2) is 54.6 Å². The smallest absolute Gasteiger partial charge is 0.00806 e. The first-order valence-electron chi connectivity index (χ1n) is 8.84. The molecule has 0 bridgehead atoms. The van der Waals surface area contributed by atoms with Gasteiger partial charge in [0.25, 0.3) is 0 Å². The highest BCUT2D eigenvalue weighted by molar-refractivity contribution is 5.24. The first-order chi connectivity index (χ1) is 10.7. The summed E-state index contributed by atoms with van der Waals surface area (Å²) in [6.45, 7) is 15.8. The van der Waals surface area contributed by atoms with Gasteiger partial charge in [-0.25, -0.2) is 0 Å². The maximum atomic E-state index is 2.30. The van der Waals surface area contributed by atoms with E-state index in [0.717, 1.165) is 5.92 Å². The summed E-state index contributed by atoms with van der Waals surface area (Å²) in [5, 5.41) is 0. The molecule has 0 nitrogen and oxygen atoms in total. The third-order valence-electron chi connectivity index (χ3n) is 4.69. The number of hydrogen-bond donors (Lipinski definition) is 0. The van der Waals surface area contributed by atoms with Gasteiger partial charge in [-0.2, -0.15) is 0 Å². The minimum Gasteiger partial charge on any atom is -0.0625 e. The van der Waals surface area contributed by atoms with Crippen molar-refractivity contribution in [3.8, 4) is 0 Å². The fourth-order valence-corrected chi connectivity index (χ4v) is 2.51. The molecule has 0 fully saturated rings. The highest BCUT2D eigenvalue weighted by Crippen LogP contribution is 2.30. The highest BCUT2D eigenvalue weighted by Gasteiger charge is 2.23. The van der Waals surface area contributed by atoms with Crippen LogP contribution >= 0.6 is 0 Å². The lowest BCUT2D eigenvalue weighted by molar-refractivity contribution is 0.372. The quantitative estimate of drug-likeness (QED) is 0.581. The third-order valence-corrected chi connectivity index (χ3v) is 4.69. The molecular formula is C23H34. The molecule has 0 aliphatic rings. The zero-order valence-corrected chi connectivity index (χ0v) is 16.1. The molecule has 0 saturated carbocycles. The van der Waals surface area contributed by atoms with E-state index in [0.29, 0.717) is 11.3 Å². The molecule has 0 spiro atoms. The molecule has 2 rings (SSSR count). The van der Waals surface area contributed by atoms with E-state index in [-0.39, 0.29) is 0 Å². The highest BCUT2D eigenvalue weighted by atomic mass is 14.3. The first-order valence-corrected chi connectivity index (χ1v) is 8.84. The second-order valence-corrected chi connectivity index (χ2v) is 7.83. The van der Waals surface area contributed by atoms with E-state index in [4.69, 9.17) is 0 Å². The molecule has 23 heavy (non-hydrogen) atoms. The van der Waals surface area contributed by atoms with Gasteiger partial charge in [0.2, 0.25) is 0 Å². The molecule has 0 heterocycles. The fourth-order valence-electron chi connectivity index (χ4n) is 2.51. The van der Waals surface area contributed by atoms with Crippen molar-refractivity contribution in [3.63, 3.8) is 0 Å². The SMILES string of the molecule is CC(C)C(C)(C)c1ccccc1.Cc1cccc(CC(C)C)c1. The Kier molecular flexibility index (Phi) is 7.55. The minimum atomic E-state index is 0.293. The Morgan fingerprint density at radius 2 is 1.43 bits per heavy atom. The molecule has 2 aromatic carbocycles. The van der Waals surface area contributed by atoms with Crippen molar-refractivity contribution in [1.82, 2.24) is 0 Å². The lowest BCUT2D eigenvalue weighted by Gasteiger charge is -2.29. The van der Waals surface area contributed by atoms with Crippen LogP contribution in [0.4, 0.5) is 0 Å². The number of aryl methyl sites for hydroxylation is 1. The molecule has 2 aromatic rings. The summed E-state index contributed by atoms with van der Waals surface area (Å²) in [7, 11) is 0. The van der Waals surface area contributed by atoms with E-state index in [9.17, 15) is 0 Å². The Labute approximate surface area is 144 Å². The third kappa shape index (κ3) is 6.60. The molecule has 0 amide bonds. The van der Waals surface area contributed by atoms with Crippen molar-refractivity contribution in [3.05, 3.63) is 71.3 Å². The van der Waals surface area contributed by atoms with Gasteiger partial charge in [-0.15, -0.1) is 0 Å². The Hall–Kier alpha value is -1.56. The molecule has 0 aliphatic heterocycles. The fraction of sp³-hybridized carbons (Fsp3) is 0.478. The van der Waals surface area contributed by atoms with Gasteiger partial charge in [0.05, 0.1) is 0 Å². The monoisotopic (exact) mass is 310 g/mol. The second-order valence-electron chi connectivity index (χ2n) is 7.83. The summed E-state index contributed by atoms with van der Waals surface area (Å²) in [6, 6.07) is 19.4. The van der Waals surface area contributed by atoms with E-state index >= 15 is 0 Å². The molecule has 0 aromatic heterocycles. The molecule has 126 valence electrons. The van der Waals surface area contributed by atoms with Crippen LogP contribution in [0.2, 0.25) is 0 Å². The molecule has 0 aliphatic carbocycles. The van der Waals surface area contributed by atoms with Crippen LogP contribution in [0.5, 0.6) is 0 Å². The van der Waals surface area contributed by atoms with Gasteiger partial charge >= 0.3 is 0 Å². The van der Waals surface area contributed by atoms with Gasteiger partial charge in [-0.3, -0.25) is 0 Å². The van der Waals surface area contributed by atoms with Crippen LogP contribution in [0, 0.1) is 18.8 Å². The van der Waals surface area contributed by atoms with Gasteiger partial charge in [0.15, 0.2) is 0 Å². The summed E-state index contributed by atoms with van der Waals surface area (Å²) in [6.07, 6.45) is 1.20. The lowest BCUT2D eigenvalue weighted by atomic mass is 9.75. The molecule has 0 radical (unpaired) electrons. The van der Waals surface area contributed by atoms with Crippen molar-refractivity contribution in [2.24, 2.45) is 11.8 Å². The van der Waals surface area contributed by atoms with E-state index in [1.165, 1.54) is 23.1 Å². The maximum Gasteiger partial charge on any atom is -0.00806 e. The lowest BCUT2D eigenvalue weighted by Crippen LogP contribution is -2.23. The van der Waals surface area contributed by atoms with Crippen molar-refractivity contribution in [2.45, 2.75) is 60.3 Å². The van der Waals surface area contributed by atoms with Gasteiger partial charge in [0.1, 0.15) is 0 Å². The number of hydrogen-bond acceptors (Lipinski definition) is 0. The van der Waals surface area contributed by atoms with Gasteiger partial charge < -0.3 is 0 Å². The molecule has 0 unspecified atom stereocenters. The predicted molar refractivity (Wildman–Crippen MR) is 104 cm³/mol. The normalized spacial score (nSPS) is 11.3. The van der Waals surface area contributed by atoms with Crippen molar-refractivity contribution in [2.75, 3.05) is 0 Å². The molecule has 0 saturated heterocycles. The Balaban J connectivity index is 0.000000231. The summed E-state index contributed by atoms with van der Waals surface area (Å²) >= 11 is 0. The molecule has 0 heteroatoms. The standard InChI is InChI=1S/C12H18.C11H16/c1-10(2)12(3,4)11-8-6-5-7-9-11;1-9(2)7-11-6-4-5-10(3)8-11/h5-10H,1-4H3;4-6,8-9H,7H2,1-3H3. The van der Waals surface area contributed by atoms with Crippen LogP contribution in [0.3, 0.4) is 0 Å². The predicted octanol–water partition coefficient (Wildman–Crippen LogP) is 6.81. The zero-order valence-electron chi connectivity index (χ0n) is 16.1. The van der Waals surface area contributed by atoms with E-state index < -0.39 is 0 Å². The first kappa shape index (κ1) is 19.5. The summed E-state index contributed by atoms with van der Waals surface area (Å²) < 4.78 is 0. The molecule has 0 N–H and O–H groups in total. The van der Waals surface area contributed by atoms with Crippen molar-refractivity contribution in [1.29, 1.82) is 0 Å². The Morgan fingerprint density at radius 1 is 0.826 bits per heavy atom. The van der Waals surface area contributed by atoms with Gasteiger partial charge in [-0.05, 0) is 41.7 Å². The topological polar surface area (TPSA) is 0 Å². The summed E-state index contributed by atoms with van der Waals surface area (Å²) in [5.41, 5.74) is 4.55. The molecule has 0 atom stereocenters. The van der Waals surface area contributed by atoms with Crippen LogP contribution in [0.25, 0.3) is 0 Å². The zero-order chi connectivity index (χ0) is 17.5. The van der Waals surface area contributed by atoms with E-state index in [1.54, 1.807) is 0 Å². The van der Waals surface area contributed by atoms with Crippen molar-refractivity contribution >= 4 is 0 Å². The second kappa shape index (κ2) is 8.91. The largest absolute Gasteiger partial charge is 0.0625 e. The summed E-state index contributed by atoms with van der Waals surface area (Å²) in [4.78, 5) is 0. The molecular weight excluding hydrogens is 276 g/mol. The Bertz CT molecular complexity index is 562. The van der Waals surface area contributed by atoms with Gasteiger partial charge in [0, 0.05) is 0 Å². The van der Waals surface area contributed by atoms with Crippen LogP contribution < -0.4 is 0 Å². The number of benzene rings is 2. The minimum absolute atomic E-state index is 0.293. The van der Waals surface area contributed by atoms with E-state index in [1.807, 2.05) is 0 Å². The maximum absolute atomic E-state index is 2.30. The van der Waals surface area contributed by atoms with Crippen LogP contribution in [-0.4, -0.2) is 0 Å². The van der Waals surface area contributed by atoms with Crippen molar-refractivity contribution < 1.29 is 0 Å². The average Bonchev–Trinajstić information content (AvgIpc) is 2.48. The van der Waals surface area contributed by atoms with Gasteiger partial charge in [-0.1, -0.05) is 102 Å². The van der Waals surface area contributed by atoms with Crippen LogP contribution in [-0.2, 0) is 11.8 Å². The summed E-state index contributed by atoms with van der Waals surface area (Å²) in [5.74, 6) is 1.44. The van der Waals surface area contributed by atoms with Crippen LogP contribution in [0.1, 0.15) is 58.2 Å². The van der Waals surface area contributed by atoms with E-state index in [2.05, 4.69) is 103 Å². The Morgan fingerprint density at radius 3 is 1.91 bits per heavy atom. The average molecular weight is 311 g/mol. The number of rotatable bonds is 4.